The first-order valence-electron chi connectivity index (χ1n) is 8.20. The van der Waals surface area contributed by atoms with Crippen molar-refractivity contribution < 1.29 is 4.79 Å². The number of carbonyl (C=O) groups excluding carboxylic acids is 1. The van der Waals surface area contributed by atoms with Crippen LogP contribution in [0.1, 0.15) is 29.2 Å². The third-order valence-corrected chi connectivity index (χ3v) is 4.51. The number of nitrogens with zero attached hydrogens (tertiary/aromatic N) is 4. The van der Waals surface area contributed by atoms with Crippen LogP contribution in [0.5, 0.6) is 0 Å². The maximum atomic E-state index is 13.0. The highest BCUT2D eigenvalue weighted by molar-refractivity contribution is 5.99. The lowest BCUT2D eigenvalue weighted by Gasteiger charge is -2.32. The average molecular weight is 321 g/mol. The Bertz CT molecular complexity index is 809. The number of aromatic amines is 1. The summed E-state index contributed by atoms with van der Waals surface area (Å²) in [5.74, 6) is 0.0273. The van der Waals surface area contributed by atoms with Gasteiger partial charge in [0.2, 0.25) is 0 Å². The molecule has 122 valence electrons. The van der Waals surface area contributed by atoms with Crippen LogP contribution in [0.2, 0.25) is 0 Å². The molecule has 1 N–H and O–H groups in total. The number of carbonyl (C=O) groups is 1. The monoisotopic (exact) mass is 321 g/mol. The lowest BCUT2D eigenvalue weighted by Crippen LogP contribution is -2.40. The third-order valence-electron chi connectivity index (χ3n) is 4.51. The van der Waals surface area contributed by atoms with Crippen LogP contribution in [0.15, 0.2) is 55.0 Å². The Morgan fingerprint density at radius 3 is 2.88 bits per heavy atom. The number of aromatic nitrogens is 4. The number of hydrogen-bond donors (Lipinski definition) is 1. The first kappa shape index (κ1) is 14.7. The minimum atomic E-state index is 0.0273. The van der Waals surface area contributed by atoms with E-state index >= 15 is 0 Å². The van der Waals surface area contributed by atoms with Crippen LogP contribution in [0.4, 0.5) is 0 Å². The van der Waals surface area contributed by atoms with Gasteiger partial charge in [-0.3, -0.25) is 14.6 Å². The molecule has 24 heavy (non-hydrogen) atoms. The Balaban J connectivity index is 1.57. The van der Waals surface area contributed by atoms with Crippen molar-refractivity contribution in [2.45, 2.75) is 18.9 Å². The molecule has 1 atom stereocenters. The molecule has 1 aromatic carbocycles. The van der Waals surface area contributed by atoms with Crippen molar-refractivity contribution in [2.75, 3.05) is 13.1 Å². The van der Waals surface area contributed by atoms with Gasteiger partial charge in [0.15, 0.2) is 0 Å². The van der Waals surface area contributed by atoms with Gasteiger partial charge in [0.25, 0.3) is 5.91 Å². The van der Waals surface area contributed by atoms with Gasteiger partial charge >= 0.3 is 0 Å². The van der Waals surface area contributed by atoms with Crippen molar-refractivity contribution >= 4 is 5.91 Å². The van der Waals surface area contributed by atoms with Gasteiger partial charge < -0.3 is 4.90 Å². The standard InChI is InChI=1S/C18H19N5O/c24-18(16-12-19-21-17(16)14-6-2-1-3-7-14)22-10-4-8-15(13-22)23-11-5-9-20-23/h1-3,5-7,9,11-12,15H,4,8,10,13H2,(H,19,21). The zero-order chi connectivity index (χ0) is 16.4. The van der Waals surface area contributed by atoms with E-state index in [-0.39, 0.29) is 11.9 Å². The molecular formula is C18H19N5O. The van der Waals surface area contributed by atoms with E-state index in [0.717, 1.165) is 30.6 Å². The Hall–Kier alpha value is -2.89. The van der Waals surface area contributed by atoms with Gasteiger partial charge in [-0.05, 0) is 18.9 Å². The smallest absolute Gasteiger partial charge is 0.257 e. The second kappa shape index (κ2) is 6.31. The highest BCUT2D eigenvalue weighted by Gasteiger charge is 2.27. The summed E-state index contributed by atoms with van der Waals surface area (Å²) in [7, 11) is 0. The Labute approximate surface area is 140 Å². The van der Waals surface area contributed by atoms with Crippen LogP contribution in [0, 0.1) is 0 Å². The molecule has 6 nitrogen and oxygen atoms in total. The zero-order valence-corrected chi connectivity index (χ0v) is 13.3. The summed E-state index contributed by atoms with van der Waals surface area (Å²) in [6.45, 7) is 1.45. The Morgan fingerprint density at radius 2 is 2.08 bits per heavy atom. The van der Waals surface area contributed by atoms with Crippen molar-refractivity contribution in [1.29, 1.82) is 0 Å². The highest BCUT2D eigenvalue weighted by atomic mass is 16.2. The summed E-state index contributed by atoms with van der Waals surface area (Å²) in [5, 5.41) is 11.4. The summed E-state index contributed by atoms with van der Waals surface area (Å²) in [6, 6.07) is 12.0. The Morgan fingerprint density at radius 1 is 1.21 bits per heavy atom. The van der Waals surface area contributed by atoms with Gasteiger partial charge in [0, 0.05) is 31.0 Å². The summed E-state index contributed by atoms with van der Waals surface area (Å²) >= 11 is 0. The van der Waals surface area contributed by atoms with Crippen LogP contribution < -0.4 is 0 Å². The van der Waals surface area contributed by atoms with Crippen LogP contribution in [-0.4, -0.2) is 43.9 Å². The number of amides is 1. The average Bonchev–Trinajstić information content (AvgIpc) is 3.34. The second-order valence-corrected chi connectivity index (χ2v) is 6.06. The molecule has 1 aliphatic heterocycles. The molecule has 0 spiro atoms. The lowest BCUT2D eigenvalue weighted by atomic mass is 10.0. The summed E-state index contributed by atoms with van der Waals surface area (Å²) in [4.78, 5) is 14.9. The summed E-state index contributed by atoms with van der Waals surface area (Å²) < 4.78 is 1.95. The van der Waals surface area contributed by atoms with E-state index in [4.69, 9.17) is 0 Å². The summed E-state index contributed by atoms with van der Waals surface area (Å²) in [6.07, 6.45) is 7.40. The van der Waals surface area contributed by atoms with Gasteiger partial charge in [-0.2, -0.15) is 10.2 Å². The van der Waals surface area contributed by atoms with Gasteiger partial charge in [0.1, 0.15) is 0 Å². The third kappa shape index (κ3) is 2.71. The second-order valence-electron chi connectivity index (χ2n) is 6.06. The molecule has 2 aromatic heterocycles. The topological polar surface area (TPSA) is 66.8 Å². The van der Waals surface area contributed by atoms with Gasteiger partial charge in [-0.1, -0.05) is 30.3 Å². The number of hydrogen-bond acceptors (Lipinski definition) is 3. The molecule has 6 heteroatoms. The molecule has 1 unspecified atom stereocenters. The van der Waals surface area contributed by atoms with Crippen LogP contribution >= 0.6 is 0 Å². The number of rotatable bonds is 3. The lowest BCUT2D eigenvalue weighted by molar-refractivity contribution is 0.0674. The molecule has 1 saturated heterocycles. The quantitative estimate of drug-likeness (QED) is 0.806. The normalized spacial score (nSPS) is 17.8. The number of piperidine rings is 1. The van der Waals surface area contributed by atoms with Crippen molar-refractivity contribution in [3.63, 3.8) is 0 Å². The van der Waals surface area contributed by atoms with E-state index in [0.29, 0.717) is 12.1 Å². The van der Waals surface area contributed by atoms with Gasteiger partial charge in [0.05, 0.1) is 23.5 Å². The maximum absolute atomic E-state index is 13.0. The predicted molar refractivity (Wildman–Crippen MR) is 90.4 cm³/mol. The molecule has 0 bridgehead atoms. The summed E-state index contributed by atoms with van der Waals surface area (Å²) in [5.41, 5.74) is 2.38. The number of likely N-dealkylation sites (tertiary alicyclic amines) is 1. The minimum Gasteiger partial charge on any atom is -0.336 e. The van der Waals surface area contributed by atoms with Crippen molar-refractivity contribution in [1.82, 2.24) is 24.9 Å². The van der Waals surface area contributed by atoms with Crippen molar-refractivity contribution in [3.8, 4) is 11.3 Å². The van der Waals surface area contributed by atoms with E-state index in [1.807, 2.05) is 52.2 Å². The molecule has 1 aliphatic rings. The molecule has 0 saturated carbocycles. The van der Waals surface area contributed by atoms with Crippen molar-refractivity contribution in [2.24, 2.45) is 0 Å². The fourth-order valence-electron chi connectivity index (χ4n) is 3.30. The number of nitrogens with one attached hydrogen (secondary N) is 1. The van der Waals surface area contributed by atoms with Crippen LogP contribution in [-0.2, 0) is 0 Å². The zero-order valence-electron chi connectivity index (χ0n) is 13.3. The van der Waals surface area contributed by atoms with E-state index in [1.165, 1.54) is 0 Å². The predicted octanol–water partition coefficient (Wildman–Crippen LogP) is 2.75. The molecule has 3 heterocycles. The molecular weight excluding hydrogens is 302 g/mol. The SMILES string of the molecule is O=C(c1cn[nH]c1-c1ccccc1)N1CCCC(n2cccn2)C1. The molecule has 3 aromatic rings. The molecule has 4 rings (SSSR count). The number of benzene rings is 1. The van der Waals surface area contributed by atoms with E-state index < -0.39 is 0 Å². The Kier molecular flexibility index (Phi) is 3.86. The molecule has 0 radical (unpaired) electrons. The van der Waals surface area contributed by atoms with E-state index in [9.17, 15) is 4.79 Å². The minimum absolute atomic E-state index is 0.0273. The largest absolute Gasteiger partial charge is 0.336 e. The van der Waals surface area contributed by atoms with E-state index in [1.54, 1.807) is 12.4 Å². The molecule has 0 aliphatic carbocycles. The number of H-pyrrole nitrogens is 1. The van der Waals surface area contributed by atoms with Crippen LogP contribution in [0.3, 0.4) is 0 Å². The first-order chi connectivity index (χ1) is 11.8. The first-order valence-corrected chi connectivity index (χ1v) is 8.20. The van der Waals surface area contributed by atoms with Crippen LogP contribution in [0.25, 0.3) is 11.3 Å². The highest BCUT2D eigenvalue weighted by Crippen LogP contribution is 2.26. The molecule has 1 amide bonds. The molecule has 1 fully saturated rings. The van der Waals surface area contributed by atoms with Gasteiger partial charge in [-0.15, -0.1) is 0 Å². The fraction of sp³-hybridized carbons (Fsp3) is 0.278. The van der Waals surface area contributed by atoms with E-state index in [2.05, 4.69) is 15.3 Å². The van der Waals surface area contributed by atoms with Gasteiger partial charge in [-0.25, -0.2) is 0 Å². The maximum Gasteiger partial charge on any atom is 0.257 e. The fourth-order valence-corrected chi connectivity index (χ4v) is 3.30. The van der Waals surface area contributed by atoms with Crippen molar-refractivity contribution in [3.05, 3.63) is 60.6 Å².